The first kappa shape index (κ1) is 28.2. The molecule has 4 aliphatic carbocycles. The number of rotatable bonds is 6. The Morgan fingerprint density at radius 3 is 2.45 bits per heavy atom. The third kappa shape index (κ3) is 4.03. The summed E-state index contributed by atoms with van der Waals surface area (Å²) in [5.41, 5.74) is 7.52. The van der Waals surface area contributed by atoms with Crippen molar-refractivity contribution < 1.29 is 44.3 Å². The number of phenolic OH excluding ortho intramolecular Hbond substituents is 1. The number of ether oxygens (including phenoxy) is 1. The van der Waals surface area contributed by atoms with E-state index in [1.807, 2.05) is 0 Å². The minimum atomic E-state index is -3.01. The monoisotopic (exact) mass is 572 g/mol. The van der Waals surface area contributed by atoms with Gasteiger partial charge in [-0.2, -0.15) is 11.8 Å². The van der Waals surface area contributed by atoms with Crippen LogP contribution in [-0.2, 0) is 19.1 Å². The molecule has 6 atom stereocenters. The lowest BCUT2D eigenvalue weighted by Gasteiger charge is -2.53. The predicted octanol–water partition coefficient (Wildman–Crippen LogP) is 1.67. The number of primary amides is 1. The van der Waals surface area contributed by atoms with Crippen molar-refractivity contribution in [1.29, 1.82) is 0 Å². The first-order valence-electron chi connectivity index (χ1n) is 13.3. The van der Waals surface area contributed by atoms with Gasteiger partial charge in [-0.3, -0.25) is 19.2 Å². The van der Waals surface area contributed by atoms with Crippen molar-refractivity contribution >= 4 is 35.2 Å². The van der Waals surface area contributed by atoms with Gasteiger partial charge in [-0.05, 0) is 24.5 Å². The Bertz CT molecular complexity index is 1370. The molecule has 4 aliphatic rings. The highest BCUT2D eigenvalue weighted by atomic mass is 32.2. The number of phenols is 1. The summed E-state index contributed by atoms with van der Waals surface area (Å²) in [5, 5.41) is 45.3. The second-order valence-corrected chi connectivity index (χ2v) is 12.1. The largest absolute Gasteiger partial charge is 0.510 e. The van der Waals surface area contributed by atoms with Gasteiger partial charge >= 0.3 is 5.97 Å². The minimum absolute atomic E-state index is 0.0935. The van der Waals surface area contributed by atoms with E-state index >= 15 is 0 Å². The van der Waals surface area contributed by atoms with Crippen LogP contribution in [0.15, 0.2) is 40.9 Å². The molecule has 0 heterocycles. The van der Waals surface area contributed by atoms with E-state index < -0.39 is 81.6 Å². The molecule has 1 amide bonds. The van der Waals surface area contributed by atoms with Crippen LogP contribution in [0.4, 0.5) is 0 Å². The Kier molecular flexibility index (Phi) is 7.22. The fraction of sp³-hybridized carbons (Fsp3) is 0.500. The maximum absolute atomic E-state index is 13.9. The van der Waals surface area contributed by atoms with E-state index in [-0.39, 0.29) is 17.7 Å². The fourth-order valence-corrected chi connectivity index (χ4v) is 8.29. The zero-order chi connectivity index (χ0) is 29.1. The smallest absolute Gasteiger partial charge is 0.305 e. The van der Waals surface area contributed by atoms with Crippen LogP contribution in [0.25, 0.3) is 0 Å². The lowest BCUT2D eigenvalue weighted by atomic mass is 9.55. The maximum atomic E-state index is 13.9. The molecule has 0 saturated heterocycles. The number of thioether (sulfide) groups is 1. The van der Waals surface area contributed by atoms with Crippen LogP contribution < -0.4 is 11.5 Å². The summed E-state index contributed by atoms with van der Waals surface area (Å²) in [5.74, 6) is -9.71. The van der Waals surface area contributed by atoms with Crippen molar-refractivity contribution in [3.63, 3.8) is 0 Å². The predicted molar refractivity (Wildman–Crippen MR) is 143 cm³/mol. The number of fused-ring (bicyclic) bond motifs is 3. The Balaban J connectivity index is 1.77. The van der Waals surface area contributed by atoms with Crippen LogP contribution in [0.1, 0.15) is 60.9 Å². The van der Waals surface area contributed by atoms with E-state index in [9.17, 15) is 39.6 Å². The molecule has 1 aromatic rings. The number of aliphatic hydroxyl groups excluding tert-OH is 2. The molecule has 8 N–H and O–H groups in total. The molecule has 5 rings (SSSR count). The lowest BCUT2D eigenvalue weighted by molar-refractivity contribution is -0.176. The van der Waals surface area contributed by atoms with Gasteiger partial charge in [0.15, 0.2) is 11.4 Å². The Labute approximate surface area is 234 Å². The van der Waals surface area contributed by atoms with Crippen molar-refractivity contribution in [1.82, 2.24) is 0 Å². The summed E-state index contributed by atoms with van der Waals surface area (Å²) in [6, 6.07) is 2.92. The highest BCUT2D eigenvalue weighted by Crippen LogP contribution is 2.56. The average molecular weight is 573 g/mol. The Morgan fingerprint density at radius 1 is 1.15 bits per heavy atom. The zero-order valence-electron chi connectivity index (χ0n) is 21.8. The van der Waals surface area contributed by atoms with E-state index in [4.69, 9.17) is 16.2 Å². The van der Waals surface area contributed by atoms with E-state index in [1.54, 1.807) is 23.9 Å². The van der Waals surface area contributed by atoms with Crippen LogP contribution in [-0.4, -0.2) is 72.6 Å². The topological polar surface area (TPSA) is 210 Å². The third-order valence-corrected chi connectivity index (χ3v) is 10.2. The summed E-state index contributed by atoms with van der Waals surface area (Å²) in [4.78, 5) is 52.3. The SMILES string of the molecule is CCC(=O)O[C@H]1C2C(=C(O)[C@]3(O)C(=O)C(C(N)=O)=C(O)[C@@H](N)C13)C(=O)c1c(O)cccc1[C@@H]2CSC1CCCC1. The number of benzene rings is 1. The first-order chi connectivity index (χ1) is 18.9. The normalized spacial score (nSPS) is 32.0. The molecule has 40 heavy (non-hydrogen) atoms. The number of Topliss-reactive ketones (excluding diaryl/α,β-unsaturated/α-hetero) is 2. The molecule has 2 unspecified atom stereocenters. The van der Waals surface area contributed by atoms with E-state index in [0.717, 1.165) is 25.7 Å². The van der Waals surface area contributed by atoms with Gasteiger partial charge in [0, 0.05) is 34.8 Å². The summed E-state index contributed by atoms with van der Waals surface area (Å²) >= 11 is 1.66. The number of esters is 1. The number of hydrogen-bond acceptors (Lipinski definition) is 11. The number of ketones is 2. The van der Waals surface area contributed by atoms with Gasteiger partial charge in [0.05, 0.1) is 17.5 Å². The number of aromatic hydroxyl groups is 1. The summed E-state index contributed by atoms with van der Waals surface area (Å²) < 4.78 is 5.80. The van der Waals surface area contributed by atoms with Crippen LogP contribution in [0.3, 0.4) is 0 Å². The summed E-state index contributed by atoms with van der Waals surface area (Å²) in [6.07, 6.45) is 2.63. The number of carbonyl (C=O) groups is 4. The van der Waals surface area contributed by atoms with Gasteiger partial charge in [0.25, 0.3) is 5.91 Å². The number of amides is 1. The molecule has 214 valence electrons. The molecular weight excluding hydrogens is 540 g/mol. The van der Waals surface area contributed by atoms with Crippen molar-refractivity contribution in [2.24, 2.45) is 23.3 Å². The molecule has 0 bridgehead atoms. The molecule has 0 aromatic heterocycles. The summed E-state index contributed by atoms with van der Waals surface area (Å²) in [6.45, 7) is 1.53. The van der Waals surface area contributed by atoms with Crippen molar-refractivity contribution in [2.45, 2.75) is 67.9 Å². The molecule has 1 aromatic carbocycles. The van der Waals surface area contributed by atoms with E-state index in [2.05, 4.69) is 0 Å². The molecule has 0 radical (unpaired) electrons. The molecule has 12 heteroatoms. The van der Waals surface area contributed by atoms with Gasteiger partial charge < -0.3 is 36.6 Å². The highest BCUT2D eigenvalue weighted by Gasteiger charge is 2.68. The van der Waals surface area contributed by atoms with E-state index in [1.165, 1.54) is 13.0 Å². The van der Waals surface area contributed by atoms with Gasteiger partial charge in [-0.15, -0.1) is 0 Å². The standard InChI is InChI=1S/C28H32N2O9S/c1-2-15(32)39-24-17-13(10-40-11-6-3-4-7-11)12-8-5-9-14(31)16(12)22(33)18(17)25(35)28(38)20(24)21(29)23(34)19(26(28)36)27(30)37/h5,8-9,11,13,17,20-21,24,31,34-35,38H,2-4,6-7,10,29H2,1H3,(H2,30,37)/t13-,17?,20?,21-,24-,28-/m0/s1. The van der Waals surface area contributed by atoms with Gasteiger partial charge in [0.1, 0.15) is 28.9 Å². The molecule has 0 aliphatic heterocycles. The first-order valence-corrected chi connectivity index (χ1v) is 14.4. The van der Waals surface area contributed by atoms with Crippen molar-refractivity contribution in [3.05, 3.63) is 52.0 Å². The molecular formula is C28H32N2O9S. The van der Waals surface area contributed by atoms with Crippen LogP contribution in [0.2, 0.25) is 0 Å². The quantitative estimate of drug-likeness (QED) is 0.213. The Morgan fingerprint density at radius 2 is 1.82 bits per heavy atom. The lowest BCUT2D eigenvalue weighted by Crippen LogP contribution is -2.69. The molecule has 1 fully saturated rings. The molecule has 11 nitrogen and oxygen atoms in total. The number of nitrogens with two attached hydrogens (primary N) is 2. The van der Waals surface area contributed by atoms with Gasteiger partial charge in [-0.1, -0.05) is 31.9 Å². The van der Waals surface area contributed by atoms with Crippen molar-refractivity contribution in [3.8, 4) is 5.75 Å². The zero-order valence-corrected chi connectivity index (χ0v) is 22.6. The average Bonchev–Trinajstić information content (AvgIpc) is 3.43. The van der Waals surface area contributed by atoms with Crippen LogP contribution in [0.5, 0.6) is 5.75 Å². The van der Waals surface area contributed by atoms with Crippen LogP contribution in [0, 0.1) is 11.8 Å². The van der Waals surface area contributed by atoms with Crippen molar-refractivity contribution in [2.75, 3.05) is 5.75 Å². The van der Waals surface area contributed by atoms with E-state index in [0.29, 0.717) is 16.6 Å². The summed E-state index contributed by atoms with van der Waals surface area (Å²) in [7, 11) is 0. The second kappa shape index (κ2) is 10.2. The maximum Gasteiger partial charge on any atom is 0.305 e. The Hall–Kier alpha value is -3.35. The highest BCUT2D eigenvalue weighted by molar-refractivity contribution is 7.99. The second-order valence-electron chi connectivity index (χ2n) is 10.8. The molecule has 0 spiro atoms. The number of carbonyl (C=O) groups excluding carboxylic acids is 4. The van der Waals surface area contributed by atoms with Gasteiger partial charge in [0.2, 0.25) is 5.78 Å². The number of aliphatic hydroxyl groups is 3. The van der Waals surface area contributed by atoms with Gasteiger partial charge in [-0.25, -0.2) is 0 Å². The molecule has 1 saturated carbocycles. The number of hydrogen-bond donors (Lipinski definition) is 6. The fourth-order valence-electron chi connectivity index (χ4n) is 6.75. The third-order valence-electron chi connectivity index (χ3n) is 8.67. The minimum Gasteiger partial charge on any atom is -0.510 e. The van der Waals surface area contributed by atoms with Crippen LogP contribution >= 0.6 is 11.8 Å².